The number of halogens is 3. The second kappa shape index (κ2) is 30.4. The second-order valence-electron chi connectivity index (χ2n) is 21.3. The number of rotatable bonds is 17. The van der Waals surface area contributed by atoms with Gasteiger partial charge in [-0.25, -0.2) is 19.8 Å². The molecule has 0 spiro atoms. The van der Waals surface area contributed by atoms with Crippen molar-refractivity contribution in [2.75, 3.05) is 18.2 Å². The summed E-state index contributed by atoms with van der Waals surface area (Å²) in [6, 6.07) is 0. The number of ether oxygens (including phenoxy) is 9. The fourth-order valence-corrected chi connectivity index (χ4v) is 11.7. The monoisotopic (exact) mass is 1240 g/mol. The Labute approximate surface area is 465 Å². The normalized spacial score (nSPS) is 22.7. The molecule has 0 saturated carbocycles. The third-order valence-electron chi connectivity index (χ3n) is 8.68. The molecule has 2 fully saturated rings. The van der Waals surface area contributed by atoms with Crippen LogP contribution in [0.5, 0.6) is 0 Å². The number of nitrogens with zero attached hydrogens (tertiary/aromatic N) is 5. The molecule has 80 heavy (non-hydrogen) atoms. The van der Waals surface area contributed by atoms with E-state index in [-0.39, 0.29) is 25.5 Å². The fourth-order valence-electron chi connectivity index (χ4n) is 6.30. The average molecular weight is 1240 g/mol. The molecule has 456 valence electrons. The summed E-state index contributed by atoms with van der Waals surface area (Å²) in [6.07, 6.45) is -6.37. The molecular weight excluding hydrogens is 1170 g/mol. The number of alkyl halides is 3. The van der Waals surface area contributed by atoms with Crippen LogP contribution in [0, 0.1) is 0 Å². The Kier molecular flexibility index (Phi) is 27.5. The van der Waals surface area contributed by atoms with Gasteiger partial charge in [0.1, 0.15) is 54.6 Å². The number of carbonyl (C=O) groups is 7. The highest BCUT2D eigenvalue weighted by atomic mass is 32.2. The molecule has 2 saturated heterocycles. The molecule has 0 aliphatic carbocycles. The Hall–Kier alpha value is -5.71. The summed E-state index contributed by atoms with van der Waals surface area (Å²) in [7, 11) is -12.9. The van der Waals surface area contributed by atoms with E-state index in [1.807, 2.05) is 19.6 Å². The molecule has 4 heterocycles. The molecule has 9 atom stereocenters. The van der Waals surface area contributed by atoms with E-state index in [0.29, 0.717) is 0 Å². The molecule has 0 amide bonds. The third-order valence-corrected chi connectivity index (χ3v) is 15.0. The average Bonchev–Trinajstić information content (AvgIpc) is 3.70. The molecular formula is C43H75F3N8O21SSi4. The van der Waals surface area contributed by atoms with Crippen molar-refractivity contribution in [3.05, 3.63) is 16.8 Å². The van der Waals surface area contributed by atoms with Gasteiger partial charge in [0.05, 0.1) is 0 Å². The number of carbonyl (C=O) groups excluding carboxylic acids is 7. The van der Waals surface area contributed by atoms with E-state index in [2.05, 4.69) is 78.4 Å². The highest BCUT2D eigenvalue weighted by Crippen LogP contribution is 2.34. The van der Waals surface area contributed by atoms with E-state index >= 15 is 0 Å². The predicted octanol–water partition coefficient (Wildman–Crippen LogP) is 3.13. The van der Waals surface area contributed by atoms with Crippen LogP contribution in [-0.2, 0) is 94.6 Å². The Morgan fingerprint density at radius 3 is 1.46 bits per heavy atom. The zero-order valence-corrected chi connectivity index (χ0v) is 52.9. The summed E-state index contributed by atoms with van der Waals surface area (Å²) in [5, 5.41) is 3.15. The molecule has 3 N–H and O–H groups in total. The number of esters is 7. The lowest BCUT2D eigenvalue weighted by Crippen LogP contribution is -2.55. The summed E-state index contributed by atoms with van der Waals surface area (Å²) in [4.78, 5) is 114. The van der Waals surface area contributed by atoms with Crippen molar-refractivity contribution in [1.29, 1.82) is 0 Å². The van der Waals surface area contributed by atoms with Gasteiger partial charge in [-0.15, -0.1) is 0 Å². The maximum atomic E-state index is 12.6. The second-order valence-corrected chi connectivity index (χ2v) is 41.5. The van der Waals surface area contributed by atoms with Crippen molar-refractivity contribution in [3.63, 3.8) is 0 Å². The summed E-state index contributed by atoms with van der Waals surface area (Å²) in [6.45, 7) is 30.9. The van der Waals surface area contributed by atoms with Crippen molar-refractivity contribution >= 4 is 103 Å². The lowest BCUT2D eigenvalue weighted by molar-refractivity contribution is -0.197. The third kappa shape index (κ3) is 28.6. The van der Waals surface area contributed by atoms with Gasteiger partial charge in [-0.3, -0.25) is 38.1 Å². The van der Waals surface area contributed by atoms with E-state index in [0.717, 1.165) is 31.3 Å². The van der Waals surface area contributed by atoms with Crippen molar-refractivity contribution in [1.82, 2.24) is 24.8 Å². The van der Waals surface area contributed by atoms with Crippen LogP contribution >= 0.6 is 0 Å². The van der Waals surface area contributed by atoms with Gasteiger partial charge in [-0.2, -0.15) is 26.6 Å². The number of hydrogen-bond acceptors (Lipinski definition) is 28. The quantitative estimate of drug-likeness (QED) is 0.0873. The minimum absolute atomic E-state index is 0.172. The molecule has 29 nitrogen and oxygen atoms in total. The summed E-state index contributed by atoms with van der Waals surface area (Å²) in [5.74, 6) is -3.52. The van der Waals surface area contributed by atoms with Gasteiger partial charge >= 0.3 is 63.1 Å². The maximum Gasteiger partial charge on any atom is 0.522 e. The number of anilines is 1. The first-order chi connectivity index (χ1) is 36.2. The number of aromatic nitrogens is 3. The Balaban J connectivity index is 0.000000564. The highest BCUT2D eigenvalue weighted by Gasteiger charge is 2.53. The minimum Gasteiger partial charge on any atom is -0.463 e. The Morgan fingerprint density at radius 2 is 1.07 bits per heavy atom. The van der Waals surface area contributed by atoms with Gasteiger partial charge in [-0.1, -0.05) is 39.3 Å². The van der Waals surface area contributed by atoms with Gasteiger partial charge in [-0.05, 0) is 39.3 Å². The van der Waals surface area contributed by atoms with Gasteiger partial charge in [0, 0.05) is 48.5 Å². The standard InChI is InChI=1S/C17H26N4O8Si.C13H18O9.C9H22N4OSi2.C4H9F3O3SSi/c1-9(22)26-7-12-13(27-10(2)23)14(28-11(3)24)15(29-12)21-8-18-16(19-17(21)25)20-30(4,5)6;1-6(14)18-5-10-11(19-7(2)15)12(20-8(3)16)13(22-10)21-9(4)17;1-15(2,3)13-8-10-7-11-9(12-8)14-16(4,5)6;1-12(2,3)10-11(8,9)4(5,6)7/h8,12-15H,7H2,1-6H3,(H,19,20,25);10-13H,5H2,1-4H3;7,9H,1-6H3,(H2,10,11,12,13);1-3H3/t12-,13+,14?,15-;10-,11+,12?,13-;;/m11../s1. The van der Waals surface area contributed by atoms with Crippen molar-refractivity contribution < 1.29 is 106 Å². The van der Waals surface area contributed by atoms with Crippen LogP contribution in [0.4, 0.5) is 19.1 Å². The summed E-state index contributed by atoms with van der Waals surface area (Å²) >= 11 is 0. The first-order valence-corrected chi connectivity index (χ1v) is 39.4. The van der Waals surface area contributed by atoms with Crippen LogP contribution in [0.25, 0.3) is 0 Å². The van der Waals surface area contributed by atoms with E-state index in [1.165, 1.54) is 53.7 Å². The molecule has 3 aliphatic rings. The van der Waals surface area contributed by atoms with Gasteiger partial charge in [0.2, 0.25) is 33.0 Å². The molecule has 3 unspecified atom stereocenters. The molecule has 0 bridgehead atoms. The lowest BCUT2D eigenvalue weighted by Gasteiger charge is -2.29. The van der Waals surface area contributed by atoms with Crippen LogP contribution in [0.1, 0.15) is 54.7 Å². The molecule has 37 heteroatoms. The SMILES string of the molecule is CC(=O)OC[C@H]1O[C@@H](OC(C)=O)C(OC(C)=O)[C@H]1OC(C)=O.CC(=O)OC[C@H]1O[C@@H](n2cnc(N[Si](C)(C)C)nc2=O)C(OC(C)=O)[C@H]1OC(C)=O.C[Si](C)(C)NC1=NC=NC(O[Si](C)(C)C)N1.C[Si](C)(C)OS(=O)(=O)C(F)(F)F. The predicted molar refractivity (Wildman–Crippen MR) is 286 cm³/mol. The zero-order chi connectivity index (χ0) is 62.1. The topological polar surface area (TPSA) is 364 Å². The van der Waals surface area contributed by atoms with Crippen LogP contribution in [0.3, 0.4) is 0 Å². The van der Waals surface area contributed by atoms with Crippen LogP contribution < -0.4 is 21.0 Å². The van der Waals surface area contributed by atoms with Gasteiger partial charge < -0.3 is 66.2 Å². The largest absolute Gasteiger partial charge is 0.522 e. The number of aliphatic imine (C=N–C) groups is 2. The summed E-state index contributed by atoms with van der Waals surface area (Å²) in [5.41, 5.74) is -6.02. The van der Waals surface area contributed by atoms with E-state index in [4.69, 9.17) is 47.1 Å². The lowest BCUT2D eigenvalue weighted by atomic mass is 10.1. The fraction of sp³-hybridized carbons (Fsp3) is 0.721. The smallest absolute Gasteiger partial charge is 0.463 e. The molecule has 4 rings (SSSR count). The Morgan fingerprint density at radius 1 is 0.637 bits per heavy atom. The van der Waals surface area contributed by atoms with Crippen molar-refractivity contribution in [3.8, 4) is 0 Å². The first kappa shape index (κ1) is 72.3. The zero-order valence-electron chi connectivity index (χ0n) is 48.1. The van der Waals surface area contributed by atoms with E-state index in [9.17, 15) is 59.9 Å². The van der Waals surface area contributed by atoms with Crippen molar-refractivity contribution in [2.45, 2.75) is 188 Å². The molecule has 0 radical (unpaired) electrons. The van der Waals surface area contributed by atoms with Crippen LogP contribution in [0.2, 0.25) is 78.6 Å². The molecule has 1 aromatic heterocycles. The van der Waals surface area contributed by atoms with Crippen LogP contribution in [-0.4, -0.2) is 178 Å². The summed E-state index contributed by atoms with van der Waals surface area (Å²) < 4.78 is 113. The number of guanidine groups is 1. The Bertz CT molecular complexity index is 2560. The van der Waals surface area contributed by atoms with Crippen molar-refractivity contribution in [2.24, 2.45) is 9.98 Å². The van der Waals surface area contributed by atoms with Gasteiger partial charge in [0.15, 0.2) is 38.8 Å². The molecule has 1 aromatic rings. The van der Waals surface area contributed by atoms with E-state index < -0.39 is 145 Å². The molecule has 0 aromatic carbocycles. The van der Waals surface area contributed by atoms with E-state index in [1.54, 1.807) is 6.34 Å². The van der Waals surface area contributed by atoms with Gasteiger partial charge in [0.25, 0.3) is 0 Å². The number of hydrogen-bond donors (Lipinski definition) is 3. The number of nitrogens with one attached hydrogen (secondary N) is 3. The van der Waals surface area contributed by atoms with Crippen LogP contribution in [0.15, 0.2) is 21.1 Å². The highest BCUT2D eigenvalue weighted by molar-refractivity contribution is 7.88. The minimum atomic E-state index is -5.39. The molecule has 3 aliphatic heterocycles. The maximum absolute atomic E-state index is 12.6. The first-order valence-electron chi connectivity index (χ1n) is 24.2.